The van der Waals surface area contributed by atoms with E-state index in [0.717, 1.165) is 23.5 Å². The average Bonchev–Trinajstić information content (AvgIpc) is 2.83. The number of pyridine rings is 1. The SMILES string of the molecule is CCc1nc(C)ccc1OCC(=O)N1CCc2nc(C)[nH]c(=O)c2CC1. The lowest BCUT2D eigenvalue weighted by molar-refractivity contribution is -0.133. The number of aromatic nitrogens is 3. The fourth-order valence-electron chi connectivity index (χ4n) is 3.20. The lowest BCUT2D eigenvalue weighted by atomic mass is 10.1. The highest BCUT2D eigenvalue weighted by atomic mass is 16.5. The van der Waals surface area contributed by atoms with E-state index in [1.165, 1.54) is 0 Å². The minimum Gasteiger partial charge on any atom is -0.482 e. The number of hydrogen-bond acceptors (Lipinski definition) is 5. The van der Waals surface area contributed by atoms with Gasteiger partial charge in [-0.25, -0.2) is 4.98 Å². The van der Waals surface area contributed by atoms with Gasteiger partial charge in [-0.3, -0.25) is 14.6 Å². The number of carbonyl (C=O) groups is 1. The number of H-pyrrole nitrogens is 1. The fourth-order valence-corrected chi connectivity index (χ4v) is 3.20. The molecule has 0 atom stereocenters. The molecule has 3 rings (SSSR count). The number of nitrogens with zero attached hydrogens (tertiary/aromatic N) is 3. The molecule has 0 aromatic carbocycles. The van der Waals surface area contributed by atoms with Crippen molar-refractivity contribution in [2.45, 2.75) is 40.0 Å². The average molecular weight is 356 g/mol. The second-order valence-electron chi connectivity index (χ2n) is 6.50. The Morgan fingerprint density at radius 3 is 2.77 bits per heavy atom. The Hall–Kier alpha value is -2.70. The Labute approximate surface area is 152 Å². The molecular formula is C19H24N4O3. The van der Waals surface area contributed by atoms with Gasteiger partial charge in [-0.05, 0) is 38.8 Å². The van der Waals surface area contributed by atoms with Crippen molar-refractivity contribution in [2.75, 3.05) is 19.7 Å². The van der Waals surface area contributed by atoms with Crippen LogP contribution in [0, 0.1) is 13.8 Å². The highest BCUT2D eigenvalue weighted by molar-refractivity contribution is 5.78. The van der Waals surface area contributed by atoms with E-state index < -0.39 is 0 Å². The number of hydrogen-bond donors (Lipinski definition) is 1. The maximum absolute atomic E-state index is 12.6. The quantitative estimate of drug-likeness (QED) is 0.893. The van der Waals surface area contributed by atoms with Crippen LogP contribution in [0.1, 0.15) is 35.4 Å². The first-order chi connectivity index (χ1) is 12.5. The summed E-state index contributed by atoms with van der Waals surface area (Å²) in [6, 6.07) is 3.74. The molecule has 7 heteroatoms. The van der Waals surface area contributed by atoms with Gasteiger partial charge in [-0.1, -0.05) is 6.92 Å². The van der Waals surface area contributed by atoms with E-state index in [1.54, 1.807) is 11.8 Å². The summed E-state index contributed by atoms with van der Waals surface area (Å²) in [6.45, 7) is 6.71. The molecule has 3 heterocycles. The zero-order valence-electron chi connectivity index (χ0n) is 15.5. The summed E-state index contributed by atoms with van der Waals surface area (Å²) in [7, 11) is 0. The summed E-state index contributed by atoms with van der Waals surface area (Å²) in [5, 5.41) is 0. The number of fused-ring (bicyclic) bond motifs is 1. The first-order valence-corrected chi connectivity index (χ1v) is 8.93. The van der Waals surface area contributed by atoms with Gasteiger partial charge in [0, 0.05) is 30.8 Å². The molecule has 1 aliphatic heterocycles. The molecule has 26 heavy (non-hydrogen) atoms. The largest absolute Gasteiger partial charge is 0.482 e. The molecule has 2 aromatic heterocycles. The van der Waals surface area contributed by atoms with E-state index in [1.807, 2.05) is 26.0 Å². The molecule has 0 radical (unpaired) electrons. The van der Waals surface area contributed by atoms with Gasteiger partial charge < -0.3 is 14.6 Å². The number of amides is 1. The van der Waals surface area contributed by atoms with Gasteiger partial charge in [0.1, 0.15) is 11.6 Å². The van der Waals surface area contributed by atoms with E-state index in [0.29, 0.717) is 43.1 Å². The van der Waals surface area contributed by atoms with Crippen molar-refractivity contribution in [3.8, 4) is 5.75 Å². The van der Waals surface area contributed by atoms with Crippen LogP contribution in [0.3, 0.4) is 0 Å². The smallest absolute Gasteiger partial charge is 0.260 e. The van der Waals surface area contributed by atoms with Crippen LogP contribution in [0.4, 0.5) is 0 Å². The van der Waals surface area contributed by atoms with E-state index in [2.05, 4.69) is 15.0 Å². The molecule has 0 saturated heterocycles. The highest BCUT2D eigenvalue weighted by Gasteiger charge is 2.22. The topological polar surface area (TPSA) is 88.2 Å². The van der Waals surface area contributed by atoms with Crippen LogP contribution in [-0.4, -0.2) is 45.5 Å². The lowest BCUT2D eigenvalue weighted by Gasteiger charge is -2.20. The van der Waals surface area contributed by atoms with Crippen molar-refractivity contribution >= 4 is 5.91 Å². The molecule has 2 aromatic rings. The summed E-state index contributed by atoms with van der Waals surface area (Å²) in [5.74, 6) is 1.17. The monoisotopic (exact) mass is 356 g/mol. The van der Waals surface area contributed by atoms with Crippen molar-refractivity contribution in [1.29, 1.82) is 0 Å². The molecule has 0 saturated carbocycles. The summed E-state index contributed by atoms with van der Waals surface area (Å²) in [5.41, 5.74) is 3.16. The second kappa shape index (κ2) is 7.68. The molecule has 0 spiro atoms. The zero-order chi connectivity index (χ0) is 18.7. The third-order valence-corrected chi connectivity index (χ3v) is 4.58. The maximum atomic E-state index is 12.6. The normalized spacial score (nSPS) is 13.9. The van der Waals surface area contributed by atoms with E-state index in [4.69, 9.17) is 4.74 Å². The molecule has 7 nitrogen and oxygen atoms in total. The Morgan fingerprint density at radius 1 is 1.23 bits per heavy atom. The minimum absolute atomic E-state index is 0.0309. The van der Waals surface area contributed by atoms with Crippen molar-refractivity contribution in [1.82, 2.24) is 19.9 Å². The standard InChI is InChI=1S/C19H24N4O3/c1-4-15-17(6-5-12(2)20-15)26-11-18(24)23-9-7-14-16(8-10-23)21-13(3)22-19(14)25/h5-6H,4,7-11H2,1-3H3,(H,21,22,25). The summed E-state index contributed by atoms with van der Waals surface area (Å²) in [4.78, 5) is 38.0. The second-order valence-corrected chi connectivity index (χ2v) is 6.50. The minimum atomic E-state index is -0.101. The van der Waals surface area contributed by atoms with Crippen molar-refractivity contribution in [2.24, 2.45) is 0 Å². The molecule has 1 amide bonds. The molecule has 0 fully saturated rings. The van der Waals surface area contributed by atoms with Crippen LogP contribution >= 0.6 is 0 Å². The molecule has 138 valence electrons. The molecule has 0 bridgehead atoms. The Morgan fingerprint density at radius 2 is 2.00 bits per heavy atom. The summed E-state index contributed by atoms with van der Waals surface area (Å²) >= 11 is 0. The van der Waals surface area contributed by atoms with Crippen LogP contribution in [0.25, 0.3) is 0 Å². The maximum Gasteiger partial charge on any atom is 0.260 e. The van der Waals surface area contributed by atoms with Crippen LogP contribution < -0.4 is 10.3 Å². The van der Waals surface area contributed by atoms with Crippen molar-refractivity contribution < 1.29 is 9.53 Å². The third-order valence-electron chi connectivity index (χ3n) is 4.58. The molecule has 1 aliphatic rings. The van der Waals surface area contributed by atoms with E-state index in [-0.39, 0.29) is 18.1 Å². The first-order valence-electron chi connectivity index (χ1n) is 8.93. The van der Waals surface area contributed by atoms with Gasteiger partial charge in [0.15, 0.2) is 6.61 Å². The first kappa shape index (κ1) is 18.1. The van der Waals surface area contributed by atoms with Gasteiger partial charge >= 0.3 is 0 Å². The summed E-state index contributed by atoms with van der Waals surface area (Å²) in [6.07, 6.45) is 1.84. The predicted molar refractivity (Wildman–Crippen MR) is 97.4 cm³/mol. The number of nitrogens with one attached hydrogen (secondary N) is 1. The van der Waals surface area contributed by atoms with Gasteiger partial charge in [0.05, 0.1) is 11.4 Å². The van der Waals surface area contributed by atoms with Gasteiger partial charge in [-0.2, -0.15) is 0 Å². The van der Waals surface area contributed by atoms with Crippen molar-refractivity contribution in [3.05, 3.63) is 51.0 Å². The van der Waals surface area contributed by atoms with Crippen molar-refractivity contribution in [3.63, 3.8) is 0 Å². The number of aromatic amines is 1. The number of aryl methyl sites for hydroxylation is 3. The van der Waals surface area contributed by atoms with Gasteiger partial charge in [0.2, 0.25) is 0 Å². The van der Waals surface area contributed by atoms with Crippen LogP contribution in [-0.2, 0) is 24.1 Å². The molecular weight excluding hydrogens is 332 g/mol. The van der Waals surface area contributed by atoms with Gasteiger partial charge in [0.25, 0.3) is 11.5 Å². The molecule has 0 unspecified atom stereocenters. The number of ether oxygens (including phenoxy) is 1. The van der Waals surface area contributed by atoms with Crippen LogP contribution in [0.5, 0.6) is 5.75 Å². The predicted octanol–water partition coefficient (Wildman–Crippen LogP) is 1.35. The third kappa shape index (κ3) is 3.92. The fraction of sp³-hybridized carbons (Fsp3) is 0.474. The van der Waals surface area contributed by atoms with Crippen LogP contribution in [0.15, 0.2) is 16.9 Å². The molecule has 0 aliphatic carbocycles. The Bertz CT molecular complexity index is 876. The molecule has 1 N–H and O–H groups in total. The Kier molecular flexibility index (Phi) is 5.35. The lowest BCUT2D eigenvalue weighted by Crippen LogP contribution is -2.37. The number of rotatable bonds is 4. The number of carbonyl (C=O) groups excluding carboxylic acids is 1. The van der Waals surface area contributed by atoms with E-state index >= 15 is 0 Å². The Balaban J connectivity index is 1.65. The van der Waals surface area contributed by atoms with Gasteiger partial charge in [-0.15, -0.1) is 0 Å². The highest BCUT2D eigenvalue weighted by Crippen LogP contribution is 2.18. The van der Waals surface area contributed by atoms with E-state index in [9.17, 15) is 9.59 Å². The summed E-state index contributed by atoms with van der Waals surface area (Å²) < 4.78 is 5.72. The zero-order valence-corrected chi connectivity index (χ0v) is 15.5. The van der Waals surface area contributed by atoms with Crippen LogP contribution in [0.2, 0.25) is 0 Å².